The lowest BCUT2D eigenvalue weighted by molar-refractivity contribution is -0.0979. The Hall–Kier alpha value is -0.490. The summed E-state index contributed by atoms with van der Waals surface area (Å²) in [5.74, 6) is 0. The van der Waals surface area contributed by atoms with Crippen LogP contribution in [-0.2, 0) is 4.79 Å². The van der Waals surface area contributed by atoms with Gasteiger partial charge in [0.2, 0.25) is 0 Å². The molecule has 0 spiro atoms. The molecule has 20 heavy (non-hydrogen) atoms. The van der Waals surface area contributed by atoms with Crippen LogP contribution in [-0.4, -0.2) is 87.6 Å². The van der Waals surface area contributed by atoms with Gasteiger partial charge >= 0.3 is 0 Å². The lowest BCUT2D eigenvalue weighted by atomic mass is 10.1. The molecule has 2 saturated heterocycles. The van der Waals surface area contributed by atoms with Crippen LogP contribution >= 0.6 is 0 Å². The summed E-state index contributed by atoms with van der Waals surface area (Å²) in [6.07, 6.45) is 2.69. The average molecular weight is 286 g/mol. The van der Waals surface area contributed by atoms with E-state index in [9.17, 15) is 0 Å². The maximum absolute atomic E-state index is 8.00. The predicted molar refractivity (Wildman–Crippen MR) is 86.1 cm³/mol. The standard InChI is InChI=1S/C12H26N4.C2H6.CH2O/c1-14-6-8-16(9-7-14)11-13-12-4-3-5-15(2)10-12;2*1-2/h12-13H,3-11H2,1-2H3;1-2H3;1H2. The molecule has 0 saturated carbocycles. The van der Waals surface area contributed by atoms with Crippen LogP contribution in [0.15, 0.2) is 0 Å². The van der Waals surface area contributed by atoms with E-state index in [0.29, 0.717) is 6.04 Å². The molecule has 2 heterocycles. The minimum absolute atomic E-state index is 0.707. The van der Waals surface area contributed by atoms with E-state index in [-0.39, 0.29) is 0 Å². The maximum Gasteiger partial charge on any atom is 0.106 e. The number of likely N-dealkylation sites (tertiary alicyclic amines) is 1. The summed E-state index contributed by atoms with van der Waals surface area (Å²) >= 11 is 0. The number of hydrogen-bond donors (Lipinski definition) is 1. The molecule has 120 valence electrons. The van der Waals surface area contributed by atoms with E-state index in [1.54, 1.807) is 0 Å². The molecule has 1 atom stereocenters. The van der Waals surface area contributed by atoms with Gasteiger partial charge in [0.15, 0.2) is 0 Å². The summed E-state index contributed by atoms with van der Waals surface area (Å²) < 4.78 is 0. The number of hydrogen-bond acceptors (Lipinski definition) is 5. The number of carbonyl (C=O) groups is 1. The number of likely N-dealkylation sites (N-methyl/N-ethyl adjacent to an activating group) is 2. The van der Waals surface area contributed by atoms with Crippen LogP contribution < -0.4 is 5.32 Å². The number of nitrogens with zero attached hydrogens (tertiary/aromatic N) is 3. The van der Waals surface area contributed by atoms with Gasteiger partial charge in [0.25, 0.3) is 0 Å². The van der Waals surface area contributed by atoms with Crippen molar-refractivity contribution in [2.75, 3.05) is 60.0 Å². The molecule has 0 aromatic rings. The lowest BCUT2D eigenvalue weighted by Crippen LogP contribution is -2.52. The van der Waals surface area contributed by atoms with Crippen LogP contribution in [0.3, 0.4) is 0 Å². The van der Waals surface area contributed by atoms with Gasteiger partial charge in [0.1, 0.15) is 6.79 Å². The highest BCUT2D eigenvalue weighted by Crippen LogP contribution is 2.08. The Morgan fingerprint density at radius 1 is 1.00 bits per heavy atom. The molecule has 2 aliphatic heterocycles. The summed E-state index contributed by atoms with van der Waals surface area (Å²) in [5, 5.41) is 3.70. The monoisotopic (exact) mass is 286 g/mol. The van der Waals surface area contributed by atoms with Crippen molar-refractivity contribution in [3.05, 3.63) is 0 Å². The van der Waals surface area contributed by atoms with Crippen LogP contribution in [0.5, 0.6) is 0 Å². The van der Waals surface area contributed by atoms with Gasteiger partial charge in [-0.05, 0) is 33.5 Å². The number of nitrogens with one attached hydrogen (secondary N) is 1. The van der Waals surface area contributed by atoms with Gasteiger partial charge in [-0.1, -0.05) is 13.8 Å². The van der Waals surface area contributed by atoms with Gasteiger partial charge in [-0.25, -0.2) is 0 Å². The third kappa shape index (κ3) is 7.94. The average Bonchev–Trinajstić information content (AvgIpc) is 2.51. The quantitative estimate of drug-likeness (QED) is 0.827. The molecule has 1 N–H and O–H groups in total. The van der Waals surface area contributed by atoms with Crippen molar-refractivity contribution in [1.29, 1.82) is 0 Å². The van der Waals surface area contributed by atoms with Crippen LogP contribution in [0.25, 0.3) is 0 Å². The fraction of sp³-hybridized carbons (Fsp3) is 0.933. The number of rotatable bonds is 3. The minimum Gasteiger partial charge on any atom is -0.307 e. The topological polar surface area (TPSA) is 38.8 Å². The van der Waals surface area contributed by atoms with Crippen molar-refractivity contribution in [2.24, 2.45) is 0 Å². The van der Waals surface area contributed by atoms with E-state index in [1.165, 1.54) is 52.1 Å². The van der Waals surface area contributed by atoms with Crippen LogP contribution in [0, 0.1) is 0 Å². The van der Waals surface area contributed by atoms with Crippen LogP contribution in [0.2, 0.25) is 0 Å². The third-order valence-corrected chi connectivity index (χ3v) is 3.82. The van der Waals surface area contributed by atoms with E-state index in [4.69, 9.17) is 4.79 Å². The van der Waals surface area contributed by atoms with Gasteiger partial charge in [-0.15, -0.1) is 0 Å². The van der Waals surface area contributed by atoms with Gasteiger partial charge in [0.05, 0.1) is 0 Å². The van der Waals surface area contributed by atoms with Gasteiger partial charge < -0.3 is 19.9 Å². The lowest BCUT2D eigenvalue weighted by Gasteiger charge is -2.35. The van der Waals surface area contributed by atoms with Gasteiger partial charge in [-0.2, -0.15) is 0 Å². The van der Waals surface area contributed by atoms with Crippen molar-refractivity contribution in [1.82, 2.24) is 20.0 Å². The molecule has 2 aliphatic rings. The SMILES string of the molecule is C=O.CC.CN1CCN(CNC2CCCN(C)C2)CC1. The number of piperazine rings is 1. The van der Waals surface area contributed by atoms with Crippen molar-refractivity contribution in [3.63, 3.8) is 0 Å². The third-order valence-electron chi connectivity index (χ3n) is 3.82. The van der Waals surface area contributed by atoms with E-state index in [2.05, 4.69) is 34.1 Å². The van der Waals surface area contributed by atoms with E-state index >= 15 is 0 Å². The fourth-order valence-corrected chi connectivity index (χ4v) is 2.60. The molecular formula is C15H34N4O. The second kappa shape index (κ2) is 12.3. The Balaban J connectivity index is 0.000000829. The highest BCUT2D eigenvalue weighted by Gasteiger charge is 2.18. The molecule has 1 unspecified atom stereocenters. The van der Waals surface area contributed by atoms with Crippen molar-refractivity contribution < 1.29 is 4.79 Å². The fourth-order valence-electron chi connectivity index (χ4n) is 2.60. The molecular weight excluding hydrogens is 252 g/mol. The smallest absolute Gasteiger partial charge is 0.106 e. The molecule has 2 rings (SSSR count). The summed E-state index contributed by atoms with van der Waals surface area (Å²) in [6, 6.07) is 0.707. The molecule has 0 aromatic heterocycles. The first kappa shape index (κ1) is 19.5. The minimum atomic E-state index is 0.707. The number of carbonyl (C=O) groups excluding carboxylic acids is 1. The Morgan fingerprint density at radius 2 is 1.60 bits per heavy atom. The number of piperidine rings is 1. The molecule has 2 fully saturated rings. The molecule has 5 heteroatoms. The Kier molecular flexibility index (Phi) is 12.0. The zero-order valence-electron chi connectivity index (χ0n) is 13.9. The first-order chi connectivity index (χ1) is 9.74. The normalized spacial score (nSPS) is 25.1. The van der Waals surface area contributed by atoms with Gasteiger partial charge in [0, 0.05) is 45.4 Å². The zero-order valence-corrected chi connectivity index (χ0v) is 13.9. The highest BCUT2D eigenvalue weighted by atomic mass is 16.1. The summed E-state index contributed by atoms with van der Waals surface area (Å²) in [7, 11) is 4.44. The molecule has 0 aliphatic carbocycles. The van der Waals surface area contributed by atoms with E-state index in [1.807, 2.05) is 20.6 Å². The highest BCUT2D eigenvalue weighted by molar-refractivity contribution is 5.11. The van der Waals surface area contributed by atoms with Crippen LogP contribution in [0.1, 0.15) is 26.7 Å². The largest absolute Gasteiger partial charge is 0.307 e. The Bertz CT molecular complexity index is 220. The van der Waals surface area contributed by atoms with Crippen molar-refractivity contribution in [3.8, 4) is 0 Å². The first-order valence-corrected chi connectivity index (χ1v) is 7.86. The van der Waals surface area contributed by atoms with Gasteiger partial charge in [-0.3, -0.25) is 4.90 Å². The predicted octanol–water partition coefficient (Wildman–Crippen LogP) is 0.716. The second-order valence-corrected chi connectivity index (χ2v) is 5.38. The zero-order chi connectivity index (χ0) is 15.4. The van der Waals surface area contributed by atoms with E-state index < -0.39 is 0 Å². The van der Waals surface area contributed by atoms with Crippen molar-refractivity contribution in [2.45, 2.75) is 32.7 Å². The summed E-state index contributed by atoms with van der Waals surface area (Å²) in [6.45, 7) is 14.4. The molecule has 0 amide bonds. The van der Waals surface area contributed by atoms with Crippen molar-refractivity contribution >= 4 is 6.79 Å². The molecule has 0 radical (unpaired) electrons. The maximum atomic E-state index is 8.00. The molecule has 0 bridgehead atoms. The first-order valence-electron chi connectivity index (χ1n) is 7.86. The Morgan fingerprint density at radius 3 is 2.15 bits per heavy atom. The second-order valence-electron chi connectivity index (χ2n) is 5.38. The van der Waals surface area contributed by atoms with Crippen LogP contribution in [0.4, 0.5) is 0 Å². The molecule has 5 nitrogen and oxygen atoms in total. The van der Waals surface area contributed by atoms with E-state index in [0.717, 1.165) is 6.67 Å². The summed E-state index contributed by atoms with van der Waals surface area (Å²) in [4.78, 5) is 15.4. The Labute approximate surface area is 125 Å². The molecule has 0 aromatic carbocycles. The summed E-state index contributed by atoms with van der Waals surface area (Å²) in [5.41, 5.74) is 0.